The van der Waals surface area contributed by atoms with Crippen molar-refractivity contribution in [3.63, 3.8) is 0 Å². The largest absolute Gasteiger partial charge is 0.494 e. The number of rotatable bonds is 6. The Morgan fingerprint density at radius 3 is 2.62 bits per heavy atom. The average molecular weight is 601 g/mol. The van der Waals surface area contributed by atoms with Crippen molar-refractivity contribution < 1.29 is 14.3 Å². The van der Waals surface area contributed by atoms with Crippen LogP contribution in [-0.4, -0.2) is 56.6 Å². The number of piperidine rings is 1. The van der Waals surface area contributed by atoms with Gasteiger partial charge in [0.15, 0.2) is 5.82 Å². The highest BCUT2D eigenvalue weighted by Gasteiger charge is 2.47. The molecule has 1 saturated heterocycles. The minimum Gasteiger partial charge on any atom is -0.494 e. The monoisotopic (exact) mass is 600 g/mol. The lowest BCUT2D eigenvalue weighted by Gasteiger charge is -2.27. The van der Waals surface area contributed by atoms with Crippen LogP contribution in [0.15, 0.2) is 54.6 Å². The number of ether oxygens (including phenoxy) is 1. The number of carbonyl (C=O) groups is 2. The van der Waals surface area contributed by atoms with E-state index >= 15 is 0 Å². The van der Waals surface area contributed by atoms with Gasteiger partial charge in [-0.15, -0.1) is 0 Å². The number of fused-ring (bicyclic) bond motifs is 5. The Morgan fingerprint density at radius 1 is 1.04 bits per heavy atom. The zero-order valence-corrected chi connectivity index (χ0v) is 25.5. The van der Waals surface area contributed by atoms with Crippen LogP contribution >= 0.6 is 0 Å². The quantitative estimate of drug-likeness (QED) is 0.274. The Bertz CT molecular complexity index is 2070. The second kappa shape index (κ2) is 9.68. The molecule has 9 heteroatoms. The van der Waals surface area contributed by atoms with E-state index in [1.54, 1.807) is 7.11 Å². The van der Waals surface area contributed by atoms with Crippen LogP contribution in [0.5, 0.6) is 5.75 Å². The number of benzene rings is 3. The van der Waals surface area contributed by atoms with Gasteiger partial charge in [0.2, 0.25) is 5.91 Å². The smallest absolute Gasteiger partial charge is 0.254 e. The first-order valence-electron chi connectivity index (χ1n) is 16.0. The van der Waals surface area contributed by atoms with Gasteiger partial charge in [-0.25, -0.2) is 4.98 Å². The Labute approximate surface area is 261 Å². The van der Waals surface area contributed by atoms with Crippen LogP contribution in [-0.2, 0) is 24.8 Å². The molecule has 4 heterocycles. The lowest BCUT2D eigenvalue weighted by atomic mass is 10.0. The van der Waals surface area contributed by atoms with E-state index in [-0.39, 0.29) is 23.9 Å². The fourth-order valence-electron chi connectivity index (χ4n) is 8.04. The maximum absolute atomic E-state index is 13.7. The Kier molecular flexibility index (Phi) is 5.75. The van der Waals surface area contributed by atoms with Crippen LogP contribution in [0, 0.1) is 11.8 Å². The number of methoxy groups -OCH3 is 1. The van der Waals surface area contributed by atoms with Gasteiger partial charge >= 0.3 is 0 Å². The normalized spacial score (nSPS) is 22.1. The first-order valence-corrected chi connectivity index (χ1v) is 16.0. The molecule has 0 spiro atoms. The van der Waals surface area contributed by atoms with E-state index in [0.29, 0.717) is 29.6 Å². The molecule has 2 aliphatic heterocycles. The molecule has 5 aromatic rings. The number of nitrogens with two attached hydrogens (primary N) is 1. The van der Waals surface area contributed by atoms with Gasteiger partial charge in [0.05, 0.1) is 24.7 Å². The number of hydrogen-bond acceptors (Lipinski definition) is 5. The highest BCUT2D eigenvalue weighted by atomic mass is 16.5. The van der Waals surface area contributed by atoms with Crippen molar-refractivity contribution >= 4 is 39.4 Å². The molecule has 2 bridgehead atoms. The number of aryl methyl sites for hydroxylation is 1. The van der Waals surface area contributed by atoms with Crippen LogP contribution in [0.1, 0.15) is 41.6 Å². The number of nitrogens with zero attached hydrogens (tertiary/aromatic N) is 4. The predicted molar refractivity (Wildman–Crippen MR) is 174 cm³/mol. The first kappa shape index (κ1) is 26.7. The summed E-state index contributed by atoms with van der Waals surface area (Å²) in [4.78, 5) is 32.8. The van der Waals surface area contributed by atoms with Gasteiger partial charge in [-0.2, -0.15) is 0 Å². The van der Waals surface area contributed by atoms with Crippen LogP contribution in [0.2, 0.25) is 0 Å². The number of imidazole rings is 1. The van der Waals surface area contributed by atoms with Gasteiger partial charge in [0.1, 0.15) is 11.3 Å². The molecule has 3 fully saturated rings. The molecule has 2 amide bonds. The molecular weight excluding hydrogens is 564 g/mol. The summed E-state index contributed by atoms with van der Waals surface area (Å²) in [6, 6.07) is 19.0. The second-order valence-corrected chi connectivity index (χ2v) is 13.4. The maximum atomic E-state index is 13.7. The lowest BCUT2D eigenvalue weighted by Crippen LogP contribution is -2.41. The Morgan fingerprint density at radius 2 is 1.87 bits per heavy atom. The summed E-state index contributed by atoms with van der Waals surface area (Å²) < 4.78 is 10.4. The molecule has 45 heavy (non-hydrogen) atoms. The first-order chi connectivity index (χ1) is 21.9. The number of hydrogen-bond donors (Lipinski definition) is 2. The molecule has 9 rings (SSSR count). The third kappa shape index (κ3) is 4.13. The molecule has 3 N–H and O–H groups in total. The van der Waals surface area contributed by atoms with Gasteiger partial charge in [-0.3, -0.25) is 9.59 Å². The van der Waals surface area contributed by atoms with Crippen molar-refractivity contribution in [2.45, 2.75) is 50.7 Å². The number of carbonyl (C=O) groups excluding carboxylic acids is 2. The number of nitrogens with one attached hydrogen (secondary N) is 1. The van der Waals surface area contributed by atoms with Gasteiger partial charge in [0.25, 0.3) is 5.91 Å². The van der Waals surface area contributed by atoms with Gasteiger partial charge in [-0.05, 0) is 84.5 Å². The summed E-state index contributed by atoms with van der Waals surface area (Å²) in [5.41, 5.74) is 15.0. The minimum atomic E-state index is 0.00607. The number of likely N-dealkylation sites (tertiary alicyclic amines) is 1. The fourth-order valence-corrected chi connectivity index (χ4v) is 8.04. The van der Waals surface area contributed by atoms with E-state index in [2.05, 4.69) is 56.9 Å². The van der Waals surface area contributed by atoms with E-state index in [1.165, 1.54) is 12.8 Å². The summed E-state index contributed by atoms with van der Waals surface area (Å²) >= 11 is 0. The summed E-state index contributed by atoms with van der Waals surface area (Å²) in [6.07, 6.45) is 4.97. The maximum Gasteiger partial charge on any atom is 0.254 e. The highest BCUT2D eigenvalue weighted by molar-refractivity contribution is 6.01. The van der Waals surface area contributed by atoms with Crippen molar-refractivity contribution in [2.24, 2.45) is 24.6 Å². The molecule has 2 saturated carbocycles. The van der Waals surface area contributed by atoms with Crippen LogP contribution in [0.3, 0.4) is 0 Å². The van der Waals surface area contributed by atoms with E-state index < -0.39 is 0 Å². The molecule has 3 aromatic carbocycles. The molecule has 2 aromatic heterocycles. The van der Waals surface area contributed by atoms with Crippen molar-refractivity contribution in [3.8, 4) is 28.4 Å². The summed E-state index contributed by atoms with van der Waals surface area (Å²) in [6.45, 7) is 1.65. The minimum absolute atomic E-state index is 0.00607. The fraction of sp³-hybridized carbons (Fsp3) is 0.361. The van der Waals surface area contributed by atoms with Crippen LogP contribution < -0.4 is 15.8 Å². The molecule has 228 valence electrons. The average Bonchev–Trinajstić information content (AvgIpc) is 3.26. The molecular formula is C36H36N6O3. The molecule has 0 radical (unpaired) electrons. The topological polar surface area (TPSA) is 107 Å². The third-order valence-corrected chi connectivity index (χ3v) is 10.7. The number of aromatic nitrogens is 3. The number of anilines is 1. The van der Waals surface area contributed by atoms with E-state index in [0.717, 1.165) is 81.8 Å². The van der Waals surface area contributed by atoms with E-state index in [9.17, 15) is 9.59 Å². The van der Waals surface area contributed by atoms with Crippen molar-refractivity contribution in [1.29, 1.82) is 0 Å². The van der Waals surface area contributed by atoms with E-state index in [4.69, 9.17) is 15.5 Å². The van der Waals surface area contributed by atoms with Crippen molar-refractivity contribution in [1.82, 2.24) is 19.0 Å². The van der Waals surface area contributed by atoms with Crippen LogP contribution in [0.25, 0.3) is 44.6 Å². The van der Waals surface area contributed by atoms with Gasteiger partial charge in [0, 0.05) is 54.4 Å². The SMILES string of the molecule is COc1cc(C(=O)N2CC3CCC2C3N)cc2nc(-c3cc4ccc(-c5ccc6c(c5)NC(=O)C6)cc4n3CC3CC3)n(C)c12. The van der Waals surface area contributed by atoms with E-state index in [1.807, 2.05) is 24.1 Å². The summed E-state index contributed by atoms with van der Waals surface area (Å²) in [5, 5.41) is 4.14. The summed E-state index contributed by atoms with van der Waals surface area (Å²) in [5.74, 6) is 2.57. The summed E-state index contributed by atoms with van der Waals surface area (Å²) in [7, 11) is 3.68. The number of amides is 2. The highest BCUT2D eigenvalue weighted by Crippen LogP contribution is 2.41. The zero-order valence-electron chi connectivity index (χ0n) is 25.5. The predicted octanol–water partition coefficient (Wildman–Crippen LogP) is 5.34. The van der Waals surface area contributed by atoms with Gasteiger partial charge in [-0.1, -0.05) is 24.3 Å². The Balaban J connectivity index is 1.14. The second-order valence-electron chi connectivity index (χ2n) is 13.4. The standard InChI is InChI=1S/C36H36N6O3/c1-40-34-27(12-25(15-31(34)45-2)36(44)42-18-24-9-10-28(42)33(24)37)39-35(40)30-14-23-8-6-21(13-29(23)41(30)17-19-3-4-19)20-5-7-22-16-32(43)38-26(22)11-20/h5-8,11-15,19,24,28,33H,3-4,9-10,16-18,37H2,1-2H3,(H,38,43). The van der Waals surface area contributed by atoms with Crippen molar-refractivity contribution in [3.05, 3.63) is 65.7 Å². The lowest BCUT2D eigenvalue weighted by molar-refractivity contribution is -0.115. The molecule has 3 atom stereocenters. The van der Waals surface area contributed by atoms with Crippen molar-refractivity contribution in [2.75, 3.05) is 19.0 Å². The molecule has 2 aliphatic carbocycles. The Hall–Kier alpha value is -4.63. The molecule has 3 unspecified atom stereocenters. The third-order valence-electron chi connectivity index (χ3n) is 10.7. The molecule has 9 nitrogen and oxygen atoms in total. The van der Waals surface area contributed by atoms with Crippen LogP contribution in [0.4, 0.5) is 5.69 Å². The zero-order chi connectivity index (χ0) is 30.6. The molecule has 4 aliphatic rings. The van der Waals surface area contributed by atoms with Gasteiger partial charge < -0.3 is 29.8 Å².